The molecule has 0 aromatic heterocycles. The summed E-state index contributed by atoms with van der Waals surface area (Å²) in [7, 11) is 0. The smallest absolute Gasteiger partial charge is 0.205 e. The summed E-state index contributed by atoms with van der Waals surface area (Å²) in [6.45, 7) is 0. The maximum Gasteiger partial charge on any atom is 0.264 e. The van der Waals surface area contributed by atoms with Crippen LogP contribution >= 0.6 is 12.6 Å². The van der Waals surface area contributed by atoms with Crippen molar-refractivity contribution in [2.45, 2.75) is 12.8 Å². The van der Waals surface area contributed by atoms with E-state index in [4.69, 9.17) is 0 Å². The minimum absolute atomic E-state index is 0.0860. The Labute approximate surface area is 88.1 Å². The fourth-order valence-electron chi connectivity index (χ4n) is 1.15. The zero-order valence-electron chi connectivity index (χ0n) is 7.66. The number of hydrogen-bond acceptors (Lipinski definition) is 1. The van der Waals surface area contributed by atoms with Crippen molar-refractivity contribution in [3.63, 3.8) is 0 Å². The van der Waals surface area contributed by atoms with E-state index in [0.717, 1.165) is 12.2 Å². The lowest BCUT2D eigenvalue weighted by Crippen LogP contribution is -1.87. The Morgan fingerprint density at radius 3 is 2.64 bits per heavy atom. The number of benzene rings is 1. The molecule has 0 saturated carbocycles. The number of halogens is 2. The maximum absolute atomic E-state index is 12.5. The highest BCUT2D eigenvalue weighted by molar-refractivity contribution is 7.80. The lowest BCUT2D eigenvalue weighted by Gasteiger charge is -2.03. The van der Waals surface area contributed by atoms with Crippen molar-refractivity contribution in [2.24, 2.45) is 0 Å². The van der Waals surface area contributed by atoms with Crippen LogP contribution in [0.2, 0.25) is 0 Å². The maximum atomic E-state index is 12.5. The van der Waals surface area contributed by atoms with E-state index in [9.17, 15) is 8.78 Å². The average molecular weight is 214 g/mol. The molecule has 0 amide bonds. The molecule has 1 rings (SSSR count). The van der Waals surface area contributed by atoms with Gasteiger partial charge in [0.2, 0.25) is 0 Å². The molecule has 0 aliphatic carbocycles. The molecule has 1 aromatic carbocycles. The van der Waals surface area contributed by atoms with E-state index in [1.165, 1.54) is 6.07 Å². The zero-order chi connectivity index (χ0) is 10.4. The largest absolute Gasteiger partial charge is 0.264 e. The van der Waals surface area contributed by atoms with Gasteiger partial charge in [-0.25, -0.2) is 8.78 Å². The fraction of sp³-hybridized carbons (Fsp3) is 0.273. The van der Waals surface area contributed by atoms with E-state index in [0.29, 0.717) is 5.56 Å². The van der Waals surface area contributed by atoms with Crippen molar-refractivity contribution in [2.75, 3.05) is 5.75 Å². The molecule has 1 aromatic rings. The molecule has 0 bridgehead atoms. The molecule has 0 fully saturated rings. The van der Waals surface area contributed by atoms with Gasteiger partial charge in [-0.3, -0.25) is 0 Å². The Morgan fingerprint density at radius 1 is 1.29 bits per heavy atom. The van der Waals surface area contributed by atoms with E-state index in [2.05, 4.69) is 12.6 Å². The van der Waals surface area contributed by atoms with Crippen molar-refractivity contribution in [3.8, 4) is 0 Å². The second-order valence-electron chi connectivity index (χ2n) is 2.84. The minimum Gasteiger partial charge on any atom is -0.205 e. The van der Waals surface area contributed by atoms with Crippen LogP contribution in [0.15, 0.2) is 30.3 Å². The van der Waals surface area contributed by atoms with E-state index >= 15 is 0 Å². The van der Waals surface area contributed by atoms with Crippen molar-refractivity contribution in [1.82, 2.24) is 0 Å². The monoisotopic (exact) mass is 214 g/mol. The van der Waals surface area contributed by atoms with E-state index < -0.39 is 6.43 Å². The quantitative estimate of drug-likeness (QED) is 0.721. The van der Waals surface area contributed by atoms with Crippen LogP contribution in [0.4, 0.5) is 8.78 Å². The lowest BCUT2D eigenvalue weighted by atomic mass is 10.1. The van der Waals surface area contributed by atoms with Gasteiger partial charge in [0.05, 0.1) is 0 Å². The Balaban J connectivity index is 2.84. The van der Waals surface area contributed by atoms with Crippen LogP contribution < -0.4 is 0 Å². The van der Waals surface area contributed by atoms with Gasteiger partial charge < -0.3 is 0 Å². The Bertz CT molecular complexity index is 308. The molecule has 0 spiro atoms. The third-order valence-electron chi connectivity index (χ3n) is 1.82. The summed E-state index contributed by atoms with van der Waals surface area (Å²) in [5.41, 5.74) is 0.673. The second kappa shape index (κ2) is 5.81. The molecule has 0 aliphatic rings. The van der Waals surface area contributed by atoms with Crippen LogP contribution in [-0.2, 0) is 0 Å². The standard InChI is InChI=1S/C11H12F2S/c12-11(13)10-7-2-1-5-9(10)6-3-4-8-14/h1-3,5-7,11,14H,4,8H2. The first-order valence-electron chi connectivity index (χ1n) is 4.40. The summed E-state index contributed by atoms with van der Waals surface area (Å²) in [5.74, 6) is 0.730. The van der Waals surface area contributed by atoms with Crippen molar-refractivity contribution >= 4 is 18.7 Å². The number of rotatable bonds is 4. The number of thiol groups is 1. The topological polar surface area (TPSA) is 0 Å². The van der Waals surface area contributed by atoms with Gasteiger partial charge in [0.1, 0.15) is 0 Å². The van der Waals surface area contributed by atoms with Crippen LogP contribution in [0.3, 0.4) is 0 Å². The average Bonchev–Trinajstić information content (AvgIpc) is 2.19. The summed E-state index contributed by atoms with van der Waals surface area (Å²) in [5, 5.41) is 0. The van der Waals surface area contributed by atoms with Crippen LogP contribution in [0.1, 0.15) is 24.0 Å². The molecule has 0 unspecified atom stereocenters. The van der Waals surface area contributed by atoms with Crippen LogP contribution in [0, 0.1) is 0 Å². The number of alkyl halides is 2. The molecule has 3 heteroatoms. The number of hydrogen-bond donors (Lipinski definition) is 1. The van der Waals surface area contributed by atoms with Crippen molar-refractivity contribution in [1.29, 1.82) is 0 Å². The van der Waals surface area contributed by atoms with Gasteiger partial charge in [0.15, 0.2) is 0 Å². The molecule has 0 saturated heterocycles. The Morgan fingerprint density at radius 2 is 2.00 bits per heavy atom. The minimum atomic E-state index is -2.41. The van der Waals surface area contributed by atoms with Gasteiger partial charge in [0, 0.05) is 5.56 Å². The lowest BCUT2D eigenvalue weighted by molar-refractivity contribution is 0.151. The van der Waals surface area contributed by atoms with Crippen molar-refractivity contribution in [3.05, 3.63) is 41.5 Å². The summed E-state index contributed by atoms with van der Waals surface area (Å²) in [4.78, 5) is 0. The first-order valence-corrected chi connectivity index (χ1v) is 5.03. The van der Waals surface area contributed by atoms with Gasteiger partial charge in [-0.2, -0.15) is 12.6 Å². The zero-order valence-corrected chi connectivity index (χ0v) is 8.55. The highest BCUT2D eigenvalue weighted by atomic mass is 32.1. The van der Waals surface area contributed by atoms with Crippen molar-refractivity contribution < 1.29 is 8.78 Å². The second-order valence-corrected chi connectivity index (χ2v) is 3.29. The molecule has 0 aliphatic heterocycles. The van der Waals surface area contributed by atoms with Gasteiger partial charge in [-0.15, -0.1) is 0 Å². The van der Waals surface area contributed by atoms with Gasteiger partial charge >= 0.3 is 0 Å². The van der Waals surface area contributed by atoms with Crippen LogP contribution in [-0.4, -0.2) is 5.75 Å². The van der Waals surface area contributed by atoms with Gasteiger partial charge in [-0.1, -0.05) is 36.4 Å². The SMILES string of the molecule is FC(F)c1ccccc1C=CCCS. The molecular weight excluding hydrogens is 202 g/mol. The fourth-order valence-corrected chi connectivity index (χ4v) is 1.30. The Hall–Kier alpha value is -0.830. The van der Waals surface area contributed by atoms with Crippen LogP contribution in [0.5, 0.6) is 0 Å². The molecule has 14 heavy (non-hydrogen) atoms. The van der Waals surface area contributed by atoms with E-state index in [1.54, 1.807) is 24.3 Å². The molecule has 0 radical (unpaired) electrons. The van der Waals surface area contributed by atoms with E-state index in [1.807, 2.05) is 6.08 Å². The van der Waals surface area contributed by atoms with Gasteiger partial charge in [0.25, 0.3) is 6.43 Å². The normalized spacial score (nSPS) is 11.4. The molecule has 0 atom stereocenters. The molecule has 0 nitrogen and oxygen atoms in total. The summed E-state index contributed by atoms with van der Waals surface area (Å²) in [6, 6.07) is 6.52. The van der Waals surface area contributed by atoms with Crippen LogP contribution in [0.25, 0.3) is 6.08 Å². The summed E-state index contributed by atoms with van der Waals surface area (Å²) < 4.78 is 25.0. The van der Waals surface area contributed by atoms with E-state index in [-0.39, 0.29) is 5.56 Å². The first kappa shape index (κ1) is 11.2. The molecule has 0 heterocycles. The third-order valence-corrected chi connectivity index (χ3v) is 2.08. The predicted octanol–water partition coefficient (Wildman–Crippen LogP) is 3.96. The third kappa shape index (κ3) is 3.14. The van der Waals surface area contributed by atoms with Gasteiger partial charge in [-0.05, 0) is 17.7 Å². The summed E-state index contributed by atoms with van der Waals surface area (Å²) >= 11 is 4.03. The Kier molecular flexibility index (Phi) is 4.66. The summed E-state index contributed by atoms with van der Waals surface area (Å²) in [6.07, 6.45) is 1.96. The first-order chi connectivity index (χ1) is 6.75. The highest BCUT2D eigenvalue weighted by Gasteiger charge is 2.09. The number of allylic oxidation sites excluding steroid dienone is 1. The predicted molar refractivity (Wildman–Crippen MR) is 58.9 cm³/mol. The highest BCUT2D eigenvalue weighted by Crippen LogP contribution is 2.23. The molecular formula is C11H12F2S. The molecule has 0 N–H and O–H groups in total. The molecule has 76 valence electrons.